The Hall–Kier alpha value is -1.75. The molecule has 2 fully saturated rings. The van der Waals surface area contributed by atoms with Crippen molar-refractivity contribution >= 4 is 5.91 Å². The number of amides is 1. The fourth-order valence-electron chi connectivity index (χ4n) is 2.93. The number of carbonyl (C=O) groups excluding carboxylic acids is 1. The average Bonchev–Trinajstić information content (AvgIpc) is 2.88. The lowest BCUT2D eigenvalue weighted by Gasteiger charge is -2.18. The van der Waals surface area contributed by atoms with Gasteiger partial charge in [0.25, 0.3) is 5.91 Å². The number of hydrogen-bond acceptors (Lipinski definition) is 4. The minimum atomic E-state index is -0.278. The van der Waals surface area contributed by atoms with Crippen molar-refractivity contribution in [2.24, 2.45) is 11.8 Å². The van der Waals surface area contributed by atoms with Gasteiger partial charge in [-0.05, 0) is 24.0 Å². The fourth-order valence-corrected chi connectivity index (χ4v) is 2.93. The standard InChI is InChI=1S/C13H16N2O3/c16-10-2-1-3-11(17)12(10)13(18)15-6-8-4-14-5-9(8)7-15/h1-3,8-9,14,16-17H,4-7H2/t8-,9+. The molecule has 18 heavy (non-hydrogen) atoms. The molecule has 0 saturated carbocycles. The first kappa shape index (κ1) is 11.3. The van der Waals surface area contributed by atoms with Crippen LogP contribution < -0.4 is 5.32 Å². The molecule has 2 heterocycles. The number of phenols is 2. The number of nitrogens with one attached hydrogen (secondary N) is 1. The molecule has 2 aliphatic heterocycles. The molecule has 3 rings (SSSR count). The van der Waals surface area contributed by atoms with E-state index in [-0.39, 0.29) is 23.0 Å². The number of phenolic OH excluding ortho intramolecular Hbond substituents is 2. The number of nitrogens with zero attached hydrogens (tertiary/aromatic N) is 1. The van der Waals surface area contributed by atoms with E-state index in [0.717, 1.165) is 13.1 Å². The molecule has 0 bridgehead atoms. The van der Waals surface area contributed by atoms with E-state index in [1.54, 1.807) is 4.90 Å². The summed E-state index contributed by atoms with van der Waals surface area (Å²) >= 11 is 0. The Kier molecular flexibility index (Phi) is 2.63. The third-order valence-corrected chi connectivity index (χ3v) is 3.91. The van der Waals surface area contributed by atoms with Crippen LogP contribution in [0.5, 0.6) is 11.5 Å². The van der Waals surface area contributed by atoms with Gasteiger partial charge in [0.1, 0.15) is 17.1 Å². The smallest absolute Gasteiger partial charge is 0.261 e. The van der Waals surface area contributed by atoms with Crippen LogP contribution in [-0.4, -0.2) is 47.2 Å². The minimum absolute atomic E-state index is 0.0189. The molecule has 0 aliphatic carbocycles. The molecule has 1 aromatic rings. The highest BCUT2D eigenvalue weighted by Gasteiger charge is 2.39. The summed E-state index contributed by atoms with van der Waals surface area (Å²) in [5, 5.41) is 22.7. The molecule has 0 radical (unpaired) electrons. The Bertz CT molecular complexity index is 457. The largest absolute Gasteiger partial charge is 0.507 e. The summed E-state index contributed by atoms with van der Waals surface area (Å²) in [7, 11) is 0. The number of hydrogen-bond donors (Lipinski definition) is 3. The minimum Gasteiger partial charge on any atom is -0.507 e. The first-order valence-electron chi connectivity index (χ1n) is 6.17. The predicted molar refractivity (Wildman–Crippen MR) is 65.5 cm³/mol. The lowest BCUT2D eigenvalue weighted by molar-refractivity contribution is 0.0775. The highest BCUT2D eigenvalue weighted by atomic mass is 16.3. The Balaban J connectivity index is 1.83. The van der Waals surface area contributed by atoms with Gasteiger partial charge in [-0.2, -0.15) is 0 Å². The number of likely N-dealkylation sites (tertiary alicyclic amines) is 1. The van der Waals surface area contributed by atoms with E-state index in [2.05, 4.69) is 5.32 Å². The van der Waals surface area contributed by atoms with Crippen molar-refractivity contribution < 1.29 is 15.0 Å². The normalized spacial score (nSPS) is 26.3. The zero-order chi connectivity index (χ0) is 12.7. The van der Waals surface area contributed by atoms with Crippen LogP contribution in [0.1, 0.15) is 10.4 Å². The van der Waals surface area contributed by atoms with Crippen LogP contribution in [0.15, 0.2) is 18.2 Å². The first-order valence-corrected chi connectivity index (χ1v) is 6.17. The number of fused-ring (bicyclic) bond motifs is 1. The van der Waals surface area contributed by atoms with E-state index in [4.69, 9.17) is 0 Å². The van der Waals surface area contributed by atoms with Crippen molar-refractivity contribution in [3.8, 4) is 11.5 Å². The second-order valence-corrected chi connectivity index (χ2v) is 5.06. The molecule has 0 spiro atoms. The van der Waals surface area contributed by atoms with E-state index >= 15 is 0 Å². The third kappa shape index (κ3) is 1.71. The van der Waals surface area contributed by atoms with Gasteiger partial charge >= 0.3 is 0 Å². The molecule has 3 N–H and O–H groups in total. The Morgan fingerprint density at radius 1 is 1.17 bits per heavy atom. The van der Waals surface area contributed by atoms with Crippen molar-refractivity contribution in [3.63, 3.8) is 0 Å². The Morgan fingerprint density at radius 2 is 1.72 bits per heavy atom. The molecule has 0 aromatic heterocycles. The van der Waals surface area contributed by atoms with E-state index in [1.165, 1.54) is 18.2 Å². The van der Waals surface area contributed by atoms with Crippen LogP contribution in [-0.2, 0) is 0 Å². The monoisotopic (exact) mass is 248 g/mol. The predicted octanol–water partition coefficient (Wildman–Crippen LogP) is 0.389. The number of carbonyl (C=O) groups is 1. The van der Waals surface area contributed by atoms with Crippen LogP contribution >= 0.6 is 0 Å². The van der Waals surface area contributed by atoms with Crippen LogP contribution in [0.4, 0.5) is 0 Å². The van der Waals surface area contributed by atoms with Gasteiger partial charge in [-0.3, -0.25) is 4.79 Å². The van der Waals surface area contributed by atoms with Gasteiger partial charge in [-0.15, -0.1) is 0 Å². The second-order valence-electron chi connectivity index (χ2n) is 5.06. The molecule has 0 unspecified atom stereocenters. The van der Waals surface area contributed by atoms with Crippen molar-refractivity contribution in [1.29, 1.82) is 0 Å². The average molecular weight is 248 g/mol. The maximum Gasteiger partial charge on any atom is 0.261 e. The van der Waals surface area contributed by atoms with Crippen molar-refractivity contribution in [2.75, 3.05) is 26.2 Å². The number of aromatic hydroxyl groups is 2. The molecule has 1 amide bonds. The Morgan fingerprint density at radius 3 is 2.28 bits per heavy atom. The molecule has 5 nitrogen and oxygen atoms in total. The highest BCUT2D eigenvalue weighted by Crippen LogP contribution is 2.32. The van der Waals surface area contributed by atoms with Gasteiger partial charge < -0.3 is 20.4 Å². The number of rotatable bonds is 1. The summed E-state index contributed by atoms with van der Waals surface area (Å²) in [6.45, 7) is 3.29. The maximum absolute atomic E-state index is 12.3. The summed E-state index contributed by atoms with van der Waals surface area (Å²) in [4.78, 5) is 14.0. The zero-order valence-corrected chi connectivity index (χ0v) is 9.97. The number of benzene rings is 1. The first-order chi connectivity index (χ1) is 8.66. The van der Waals surface area contributed by atoms with Crippen molar-refractivity contribution in [1.82, 2.24) is 10.2 Å². The van der Waals surface area contributed by atoms with E-state index < -0.39 is 0 Å². The molecule has 2 aliphatic rings. The second kappa shape index (κ2) is 4.17. The Labute approximate surface area is 105 Å². The van der Waals surface area contributed by atoms with Crippen LogP contribution in [0, 0.1) is 11.8 Å². The highest BCUT2D eigenvalue weighted by molar-refractivity contribution is 5.99. The summed E-state index contributed by atoms with van der Waals surface area (Å²) in [5.41, 5.74) is 0.0189. The van der Waals surface area contributed by atoms with Gasteiger partial charge in [-0.1, -0.05) is 6.07 Å². The lowest BCUT2D eigenvalue weighted by atomic mass is 10.0. The van der Waals surface area contributed by atoms with Crippen molar-refractivity contribution in [3.05, 3.63) is 23.8 Å². The van der Waals surface area contributed by atoms with Gasteiger partial charge in [-0.25, -0.2) is 0 Å². The molecule has 5 heteroatoms. The summed E-state index contributed by atoms with van der Waals surface area (Å²) < 4.78 is 0. The van der Waals surface area contributed by atoms with Gasteiger partial charge in [0, 0.05) is 26.2 Å². The van der Waals surface area contributed by atoms with Crippen molar-refractivity contribution in [2.45, 2.75) is 0 Å². The van der Waals surface area contributed by atoms with Gasteiger partial charge in [0.05, 0.1) is 0 Å². The van der Waals surface area contributed by atoms with Gasteiger partial charge in [0.15, 0.2) is 0 Å². The lowest BCUT2D eigenvalue weighted by Crippen LogP contribution is -2.31. The SMILES string of the molecule is O=C(c1c(O)cccc1O)N1C[C@H]2CNC[C@H]2C1. The van der Waals surface area contributed by atoms with Crippen LogP contribution in [0.25, 0.3) is 0 Å². The topological polar surface area (TPSA) is 72.8 Å². The summed E-state index contributed by atoms with van der Waals surface area (Å²) in [5.74, 6) is 0.411. The third-order valence-electron chi connectivity index (χ3n) is 3.91. The molecule has 96 valence electrons. The quantitative estimate of drug-likeness (QED) is 0.672. The van der Waals surface area contributed by atoms with E-state index in [0.29, 0.717) is 24.9 Å². The molecule has 1 aromatic carbocycles. The van der Waals surface area contributed by atoms with Crippen LogP contribution in [0.2, 0.25) is 0 Å². The fraction of sp³-hybridized carbons (Fsp3) is 0.462. The van der Waals surface area contributed by atoms with E-state index in [9.17, 15) is 15.0 Å². The maximum atomic E-state index is 12.3. The van der Waals surface area contributed by atoms with Crippen LogP contribution in [0.3, 0.4) is 0 Å². The zero-order valence-electron chi connectivity index (χ0n) is 9.97. The molecular formula is C13H16N2O3. The van der Waals surface area contributed by atoms with Gasteiger partial charge in [0.2, 0.25) is 0 Å². The molecule has 2 saturated heterocycles. The summed E-state index contributed by atoms with van der Waals surface area (Å²) in [6.07, 6.45) is 0. The summed E-state index contributed by atoms with van der Waals surface area (Å²) in [6, 6.07) is 4.36. The molecular weight excluding hydrogens is 232 g/mol. The van der Waals surface area contributed by atoms with E-state index in [1.807, 2.05) is 0 Å². The molecule has 2 atom stereocenters.